The fraction of sp³-hybridized carbons (Fsp3) is 0.458. The van der Waals surface area contributed by atoms with E-state index in [4.69, 9.17) is 9.47 Å². The predicted molar refractivity (Wildman–Crippen MR) is 123 cm³/mol. The minimum atomic E-state index is -0.0117. The number of rotatable bonds is 6. The summed E-state index contributed by atoms with van der Waals surface area (Å²) in [4.78, 5) is 15.8. The smallest absolute Gasteiger partial charge is 0.149 e. The van der Waals surface area contributed by atoms with Crippen molar-refractivity contribution in [2.75, 3.05) is 36.5 Å². The molecule has 8 heteroatoms. The van der Waals surface area contributed by atoms with Gasteiger partial charge in [-0.05, 0) is 37.8 Å². The van der Waals surface area contributed by atoms with Crippen molar-refractivity contribution in [1.29, 1.82) is 0 Å². The fourth-order valence-corrected chi connectivity index (χ4v) is 4.52. The lowest BCUT2D eigenvalue weighted by atomic mass is 9.92. The molecule has 2 aromatic heterocycles. The molecule has 0 unspecified atom stereocenters. The van der Waals surface area contributed by atoms with Crippen LogP contribution in [-0.4, -0.2) is 58.5 Å². The van der Waals surface area contributed by atoms with Crippen molar-refractivity contribution in [2.24, 2.45) is 0 Å². The second-order valence-corrected chi connectivity index (χ2v) is 8.37. The number of benzene rings is 1. The Hall–Kier alpha value is -2.97. The van der Waals surface area contributed by atoms with Gasteiger partial charge in [0.2, 0.25) is 0 Å². The van der Waals surface area contributed by atoms with Crippen LogP contribution in [0.15, 0.2) is 42.9 Å². The Morgan fingerprint density at radius 1 is 1.03 bits per heavy atom. The summed E-state index contributed by atoms with van der Waals surface area (Å²) < 4.78 is 12.0. The summed E-state index contributed by atoms with van der Waals surface area (Å²) in [7, 11) is 0. The van der Waals surface area contributed by atoms with Gasteiger partial charge in [0, 0.05) is 55.0 Å². The predicted octanol–water partition coefficient (Wildman–Crippen LogP) is 3.16. The molecular weight excluding hydrogens is 406 g/mol. The molecule has 0 atom stereocenters. The van der Waals surface area contributed by atoms with E-state index < -0.39 is 0 Å². The van der Waals surface area contributed by atoms with Crippen molar-refractivity contribution in [3.05, 3.63) is 48.4 Å². The highest BCUT2D eigenvalue weighted by atomic mass is 16.5. The van der Waals surface area contributed by atoms with Crippen molar-refractivity contribution < 1.29 is 14.6 Å². The second-order valence-electron chi connectivity index (χ2n) is 8.37. The summed E-state index contributed by atoms with van der Waals surface area (Å²) in [6, 6.07) is 8.27. The zero-order valence-electron chi connectivity index (χ0n) is 18.1. The van der Waals surface area contributed by atoms with Gasteiger partial charge in [-0.3, -0.25) is 4.98 Å². The fourth-order valence-electron chi connectivity index (χ4n) is 4.52. The molecule has 0 radical (unpaired) electrons. The van der Waals surface area contributed by atoms with Crippen LogP contribution in [0.25, 0.3) is 11.0 Å². The van der Waals surface area contributed by atoms with Crippen LogP contribution < -0.4 is 15.0 Å². The molecule has 5 rings (SSSR count). The zero-order valence-corrected chi connectivity index (χ0v) is 18.1. The van der Waals surface area contributed by atoms with Crippen LogP contribution in [0.1, 0.15) is 31.2 Å². The Labute approximate surface area is 187 Å². The van der Waals surface area contributed by atoms with Gasteiger partial charge in [0.15, 0.2) is 0 Å². The summed E-state index contributed by atoms with van der Waals surface area (Å²) in [5.74, 6) is 1.58. The molecule has 0 amide bonds. The van der Waals surface area contributed by atoms with Crippen LogP contribution in [0.4, 0.5) is 11.5 Å². The van der Waals surface area contributed by atoms with Gasteiger partial charge in [-0.25, -0.2) is 9.97 Å². The summed E-state index contributed by atoms with van der Waals surface area (Å²) >= 11 is 0. The first kappa shape index (κ1) is 20.9. The summed E-state index contributed by atoms with van der Waals surface area (Å²) in [5, 5.41) is 13.0. The normalized spacial score (nSPS) is 21.5. The first-order valence-corrected chi connectivity index (χ1v) is 11.4. The number of nitrogens with one attached hydrogen (secondary N) is 1. The molecule has 0 bridgehead atoms. The third kappa shape index (κ3) is 4.61. The van der Waals surface area contributed by atoms with E-state index in [-0.39, 0.29) is 12.7 Å². The molecule has 2 aliphatic rings. The minimum absolute atomic E-state index is 0.0117. The van der Waals surface area contributed by atoms with Gasteiger partial charge in [-0.1, -0.05) is 6.07 Å². The molecule has 1 aliphatic heterocycles. The Balaban J connectivity index is 1.28. The molecule has 2 fully saturated rings. The number of hydrogen-bond acceptors (Lipinski definition) is 8. The number of ether oxygens (including phenoxy) is 2. The van der Waals surface area contributed by atoms with Crippen LogP contribution in [-0.2, 0) is 11.3 Å². The first-order chi connectivity index (χ1) is 15.8. The maximum atomic E-state index is 9.54. The lowest BCUT2D eigenvalue weighted by molar-refractivity contribution is 0.122. The SMILES string of the molecule is OCc1cccnc1NC1CCC(Oc2cc(N3CCOCC3)cc3nccnc23)CC1. The van der Waals surface area contributed by atoms with Crippen molar-refractivity contribution in [3.63, 3.8) is 0 Å². The third-order valence-corrected chi connectivity index (χ3v) is 6.27. The van der Waals surface area contributed by atoms with E-state index in [0.29, 0.717) is 6.04 Å². The Bertz CT molecular complexity index is 1050. The molecule has 1 saturated heterocycles. The number of fused-ring (bicyclic) bond motifs is 1. The van der Waals surface area contributed by atoms with Crippen molar-refractivity contribution >= 4 is 22.5 Å². The molecule has 1 aromatic carbocycles. The molecule has 0 spiro atoms. The van der Waals surface area contributed by atoms with E-state index in [0.717, 1.165) is 85.8 Å². The Kier molecular flexibility index (Phi) is 6.31. The average molecular weight is 436 g/mol. The van der Waals surface area contributed by atoms with E-state index in [2.05, 4.69) is 37.3 Å². The van der Waals surface area contributed by atoms with Crippen LogP contribution in [0.3, 0.4) is 0 Å². The lowest BCUT2D eigenvalue weighted by Gasteiger charge is -2.31. The summed E-state index contributed by atoms with van der Waals surface area (Å²) in [6.07, 6.45) is 9.20. The van der Waals surface area contributed by atoms with Crippen molar-refractivity contribution in [2.45, 2.75) is 44.4 Å². The topological polar surface area (TPSA) is 92.6 Å². The molecule has 32 heavy (non-hydrogen) atoms. The average Bonchev–Trinajstić information content (AvgIpc) is 2.86. The largest absolute Gasteiger partial charge is 0.488 e. The quantitative estimate of drug-likeness (QED) is 0.610. The number of aliphatic hydroxyl groups is 1. The molecule has 1 saturated carbocycles. The van der Waals surface area contributed by atoms with E-state index in [1.54, 1.807) is 18.6 Å². The Morgan fingerprint density at radius 3 is 2.66 bits per heavy atom. The first-order valence-electron chi connectivity index (χ1n) is 11.4. The van der Waals surface area contributed by atoms with Gasteiger partial charge in [0.05, 0.1) is 31.4 Å². The van der Waals surface area contributed by atoms with Crippen LogP contribution >= 0.6 is 0 Å². The van der Waals surface area contributed by atoms with Gasteiger partial charge in [-0.2, -0.15) is 0 Å². The van der Waals surface area contributed by atoms with E-state index >= 15 is 0 Å². The molecule has 1 aliphatic carbocycles. The molecule has 168 valence electrons. The molecule has 3 aromatic rings. The molecule has 3 heterocycles. The number of pyridine rings is 1. The summed E-state index contributed by atoms with van der Waals surface area (Å²) in [6.45, 7) is 3.19. The minimum Gasteiger partial charge on any atom is -0.488 e. The van der Waals surface area contributed by atoms with Crippen molar-refractivity contribution in [3.8, 4) is 5.75 Å². The van der Waals surface area contributed by atoms with Gasteiger partial charge >= 0.3 is 0 Å². The standard InChI is InChI=1S/C24H29N5O3/c30-16-17-2-1-7-27-24(17)28-18-3-5-20(6-4-18)32-22-15-19(29-10-12-31-13-11-29)14-21-23(22)26-9-8-25-21/h1-2,7-9,14-15,18,20,30H,3-6,10-13,16H2,(H,27,28). The second kappa shape index (κ2) is 9.67. The molecular formula is C24H29N5O3. The van der Waals surface area contributed by atoms with Gasteiger partial charge in [0.1, 0.15) is 17.1 Å². The zero-order chi connectivity index (χ0) is 21.8. The van der Waals surface area contributed by atoms with Crippen LogP contribution in [0, 0.1) is 0 Å². The van der Waals surface area contributed by atoms with Gasteiger partial charge < -0.3 is 24.8 Å². The molecule has 2 N–H and O–H groups in total. The number of hydrogen-bond donors (Lipinski definition) is 2. The number of anilines is 2. The van der Waals surface area contributed by atoms with Gasteiger partial charge in [0.25, 0.3) is 0 Å². The maximum Gasteiger partial charge on any atom is 0.149 e. The highest BCUT2D eigenvalue weighted by Gasteiger charge is 2.25. The summed E-state index contributed by atoms with van der Waals surface area (Å²) in [5.41, 5.74) is 3.61. The molecule has 8 nitrogen and oxygen atoms in total. The Morgan fingerprint density at radius 2 is 1.84 bits per heavy atom. The van der Waals surface area contributed by atoms with Crippen LogP contribution in [0.5, 0.6) is 5.75 Å². The van der Waals surface area contributed by atoms with E-state index in [1.807, 2.05) is 12.1 Å². The number of aliphatic hydroxyl groups excluding tert-OH is 1. The highest BCUT2D eigenvalue weighted by Crippen LogP contribution is 2.33. The van der Waals surface area contributed by atoms with E-state index in [1.165, 1.54) is 0 Å². The van der Waals surface area contributed by atoms with Crippen molar-refractivity contribution in [1.82, 2.24) is 15.0 Å². The number of aromatic nitrogens is 3. The van der Waals surface area contributed by atoms with Gasteiger partial charge in [-0.15, -0.1) is 0 Å². The third-order valence-electron chi connectivity index (χ3n) is 6.27. The monoisotopic (exact) mass is 435 g/mol. The highest BCUT2D eigenvalue weighted by molar-refractivity contribution is 5.85. The maximum absolute atomic E-state index is 9.54. The van der Waals surface area contributed by atoms with E-state index in [9.17, 15) is 5.11 Å². The van der Waals surface area contributed by atoms with Crippen LogP contribution in [0.2, 0.25) is 0 Å². The number of nitrogens with zero attached hydrogens (tertiary/aromatic N) is 4. The number of morpholine rings is 1. The lowest BCUT2D eigenvalue weighted by Crippen LogP contribution is -2.36.